The molecule has 212 valence electrons. The number of phenols is 1. The van der Waals surface area contributed by atoms with Crippen LogP contribution in [0.4, 0.5) is 5.69 Å². The van der Waals surface area contributed by atoms with Crippen LogP contribution in [0.3, 0.4) is 0 Å². The molecule has 6 atom stereocenters. The molecule has 6 nitrogen and oxygen atoms in total. The van der Waals surface area contributed by atoms with Gasteiger partial charge in [0.25, 0.3) is 0 Å². The van der Waals surface area contributed by atoms with Crippen LogP contribution in [0.25, 0.3) is 10.8 Å². The highest BCUT2D eigenvalue weighted by Gasteiger charge is 2.64. The lowest BCUT2D eigenvalue weighted by molar-refractivity contribution is -0.142. The molecule has 1 saturated heterocycles. The van der Waals surface area contributed by atoms with Gasteiger partial charge in [-0.1, -0.05) is 48.9 Å². The van der Waals surface area contributed by atoms with Crippen LogP contribution < -0.4 is 4.90 Å². The highest BCUT2D eigenvalue weighted by Crippen LogP contribution is 2.63. The molecule has 0 aromatic heterocycles. The summed E-state index contributed by atoms with van der Waals surface area (Å²) < 4.78 is 1.01. The van der Waals surface area contributed by atoms with Crippen LogP contribution in [0.5, 0.6) is 5.75 Å². The van der Waals surface area contributed by atoms with E-state index in [-0.39, 0.29) is 35.0 Å². The molecule has 4 aliphatic rings. The predicted octanol–water partition coefficient (Wildman–Crippen LogP) is 6.50. The number of phenolic OH excluding ortho intramolecular Hbond substituents is 1. The van der Waals surface area contributed by atoms with Gasteiger partial charge in [0.2, 0.25) is 11.8 Å². The summed E-state index contributed by atoms with van der Waals surface area (Å²) in [6.45, 7) is 5.36. The summed E-state index contributed by atoms with van der Waals surface area (Å²) in [5, 5.41) is 12.2. The van der Waals surface area contributed by atoms with Gasteiger partial charge in [0.05, 0.1) is 22.9 Å². The number of anilines is 1. The zero-order chi connectivity index (χ0) is 29.7. The second kappa shape index (κ2) is 9.46. The number of nitrogens with zero attached hydrogens (tertiary/aromatic N) is 1. The van der Waals surface area contributed by atoms with Gasteiger partial charge in [-0.15, -0.1) is 0 Å². The molecule has 2 amide bonds. The van der Waals surface area contributed by atoms with Gasteiger partial charge in [-0.05, 0) is 108 Å². The van der Waals surface area contributed by atoms with Gasteiger partial charge in [-0.25, -0.2) is 0 Å². The van der Waals surface area contributed by atoms with Gasteiger partial charge in [-0.3, -0.25) is 24.1 Å². The van der Waals surface area contributed by atoms with Crippen molar-refractivity contribution in [3.05, 3.63) is 92.6 Å². The summed E-state index contributed by atoms with van der Waals surface area (Å²) in [5.74, 6) is -3.04. The summed E-state index contributed by atoms with van der Waals surface area (Å²) >= 11 is 2.19. The number of hydrogen-bond acceptors (Lipinski definition) is 5. The Balaban J connectivity index is 1.43. The molecule has 1 aliphatic heterocycles. The van der Waals surface area contributed by atoms with Crippen LogP contribution in [-0.2, 0) is 19.2 Å². The van der Waals surface area contributed by atoms with E-state index in [1.807, 2.05) is 49.4 Å². The number of carbonyl (C=O) groups excluding carboxylic acids is 4. The van der Waals surface area contributed by atoms with E-state index >= 15 is 0 Å². The molecule has 7 rings (SSSR count). The Labute approximate surface area is 257 Å². The summed E-state index contributed by atoms with van der Waals surface area (Å²) in [6, 6.07) is 18.4. The summed E-state index contributed by atoms with van der Waals surface area (Å²) in [7, 11) is 0. The first-order valence-corrected chi connectivity index (χ1v) is 15.4. The van der Waals surface area contributed by atoms with Crippen molar-refractivity contribution in [3.63, 3.8) is 0 Å². The maximum Gasteiger partial charge on any atom is 0.238 e. The van der Waals surface area contributed by atoms with Crippen molar-refractivity contribution in [2.45, 2.75) is 39.5 Å². The molecular formula is C35H30INO5. The molecule has 2 fully saturated rings. The van der Waals surface area contributed by atoms with Crippen LogP contribution in [-0.4, -0.2) is 28.5 Å². The van der Waals surface area contributed by atoms with Crippen LogP contribution >= 0.6 is 22.6 Å². The number of halogens is 1. The number of carbonyl (C=O) groups is 4. The summed E-state index contributed by atoms with van der Waals surface area (Å²) in [6.07, 6.45) is 2.80. The number of rotatable bonds is 2. The average Bonchev–Trinajstić information content (AvgIpc) is 3.25. The smallest absolute Gasteiger partial charge is 0.238 e. The van der Waals surface area contributed by atoms with E-state index in [1.54, 1.807) is 32.0 Å². The van der Waals surface area contributed by atoms with Gasteiger partial charge in [0.1, 0.15) is 5.75 Å². The van der Waals surface area contributed by atoms with E-state index in [1.165, 1.54) is 4.90 Å². The van der Waals surface area contributed by atoms with Crippen molar-refractivity contribution >= 4 is 62.4 Å². The fourth-order valence-electron chi connectivity index (χ4n) is 8.33. The number of aromatic hydroxyl groups is 1. The summed E-state index contributed by atoms with van der Waals surface area (Å²) in [4.78, 5) is 57.6. The molecule has 0 bridgehead atoms. The Morgan fingerprint density at radius 3 is 2.26 bits per heavy atom. The van der Waals surface area contributed by atoms with E-state index in [0.29, 0.717) is 35.1 Å². The van der Waals surface area contributed by atoms with Crippen molar-refractivity contribution < 1.29 is 24.3 Å². The number of ketones is 2. The molecule has 7 heteroatoms. The first-order chi connectivity index (χ1) is 20.1. The number of imide groups is 1. The monoisotopic (exact) mass is 671 g/mol. The molecule has 1 N–H and O–H groups in total. The molecule has 1 heterocycles. The van der Waals surface area contributed by atoms with Crippen LogP contribution in [0.15, 0.2) is 83.5 Å². The third kappa shape index (κ3) is 3.55. The largest absolute Gasteiger partial charge is 0.507 e. The molecule has 3 aromatic carbocycles. The molecule has 0 spiro atoms. The van der Waals surface area contributed by atoms with E-state index in [9.17, 15) is 24.3 Å². The van der Waals surface area contributed by atoms with Gasteiger partial charge >= 0.3 is 0 Å². The lowest BCUT2D eigenvalue weighted by atomic mass is 9.46. The molecular weight excluding hydrogens is 641 g/mol. The quantitative estimate of drug-likeness (QED) is 0.191. The van der Waals surface area contributed by atoms with Crippen molar-refractivity contribution in [3.8, 4) is 5.75 Å². The molecule has 1 saturated carbocycles. The zero-order valence-corrected chi connectivity index (χ0v) is 25.7. The summed E-state index contributed by atoms with van der Waals surface area (Å²) in [5.41, 5.74) is 2.25. The van der Waals surface area contributed by atoms with E-state index in [2.05, 4.69) is 28.7 Å². The molecule has 3 aliphatic carbocycles. The number of fused-ring (bicyclic) bond motifs is 5. The molecule has 42 heavy (non-hydrogen) atoms. The minimum Gasteiger partial charge on any atom is -0.507 e. The lowest BCUT2D eigenvalue weighted by Gasteiger charge is -2.54. The van der Waals surface area contributed by atoms with E-state index < -0.39 is 29.1 Å². The third-order valence-electron chi connectivity index (χ3n) is 10.5. The van der Waals surface area contributed by atoms with Crippen molar-refractivity contribution in [2.75, 3.05) is 4.90 Å². The highest BCUT2D eigenvalue weighted by molar-refractivity contribution is 14.1. The minimum absolute atomic E-state index is 0.0532. The number of allylic oxidation sites excluding steroid dienone is 4. The Hall–Kier alpha value is -3.59. The predicted molar refractivity (Wildman–Crippen MR) is 168 cm³/mol. The Bertz CT molecular complexity index is 1800. The SMILES string of the molecule is CC1=C(C)C(=O)[C@@]2(C)[C@@H](c3ccc(O)c4ccccc34)C3=CC[C@@H]4C(=O)N(c5ccc(I)cc5)C(=O)[C@@H]4[C@@H]3C[C@H]2C1=O. The van der Waals surface area contributed by atoms with Crippen LogP contribution in [0.2, 0.25) is 0 Å². The maximum absolute atomic E-state index is 14.3. The third-order valence-corrected chi connectivity index (χ3v) is 11.2. The Kier molecular flexibility index (Phi) is 6.14. The average molecular weight is 672 g/mol. The Morgan fingerprint density at radius 1 is 0.857 bits per heavy atom. The van der Waals surface area contributed by atoms with E-state index in [0.717, 1.165) is 20.1 Å². The fraction of sp³-hybridized carbons (Fsp3) is 0.314. The Morgan fingerprint density at radius 2 is 1.55 bits per heavy atom. The van der Waals surface area contributed by atoms with Crippen LogP contribution in [0, 0.1) is 32.7 Å². The van der Waals surface area contributed by atoms with Crippen molar-refractivity contribution in [1.29, 1.82) is 0 Å². The number of hydrogen-bond donors (Lipinski definition) is 1. The first-order valence-electron chi connectivity index (χ1n) is 14.4. The normalized spacial score (nSPS) is 30.8. The maximum atomic E-state index is 14.3. The first kappa shape index (κ1) is 27.3. The highest BCUT2D eigenvalue weighted by atomic mass is 127. The number of amides is 2. The number of Topliss-reactive ketones (excluding diaryl/α,β-unsaturated/α-hetero) is 2. The zero-order valence-electron chi connectivity index (χ0n) is 23.6. The standard InChI is InChI=1S/C35H30INO5/c1-17-18(2)32(40)35(3)27(31(17)39)16-26-24(30(35)23-14-15-28(38)22-7-5-4-6-21(22)23)12-13-25-29(26)34(42)37(33(25)41)20-10-8-19(36)9-11-20/h4-12,14-15,25-27,29-30,38H,13,16H2,1-3H3/t25-,26+,27-,29-,30-,35+/m0/s1. The second-order valence-electron chi connectivity index (χ2n) is 12.3. The van der Waals surface area contributed by atoms with Gasteiger partial charge in [-0.2, -0.15) is 0 Å². The van der Waals surface area contributed by atoms with Gasteiger partial charge in [0, 0.05) is 20.8 Å². The number of benzene rings is 3. The lowest BCUT2D eigenvalue weighted by Crippen LogP contribution is -2.55. The molecule has 3 aromatic rings. The topological polar surface area (TPSA) is 91.8 Å². The minimum atomic E-state index is -1.07. The molecule has 0 unspecified atom stereocenters. The van der Waals surface area contributed by atoms with Crippen LogP contribution in [0.1, 0.15) is 45.1 Å². The van der Waals surface area contributed by atoms with E-state index in [4.69, 9.17) is 0 Å². The van der Waals surface area contributed by atoms with Crippen molar-refractivity contribution in [1.82, 2.24) is 0 Å². The van der Waals surface area contributed by atoms with Crippen molar-refractivity contribution in [2.24, 2.45) is 29.1 Å². The fourth-order valence-corrected chi connectivity index (χ4v) is 8.69. The molecule has 0 radical (unpaired) electrons. The second-order valence-corrected chi connectivity index (χ2v) is 13.6. The van der Waals surface area contributed by atoms with Gasteiger partial charge < -0.3 is 5.11 Å². The van der Waals surface area contributed by atoms with Gasteiger partial charge in [0.15, 0.2) is 11.6 Å².